The minimum atomic E-state index is -0.763. The molecule has 6 heteroatoms. The number of unbranched alkanes of at least 4 members (excludes halogenated alkanes) is 39. The van der Waals surface area contributed by atoms with Crippen LogP contribution in [0, 0.1) is 11.8 Å². The van der Waals surface area contributed by atoms with Gasteiger partial charge in [-0.05, 0) is 31.1 Å². The zero-order valence-electron chi connectivity index (χ0n) is 46.0. The Kier molecular flexibility index (Phi) is 52.5. The molecule has 6 nitrogen and oxygen atoms in total. The molecule has 0 aromatic heterocycles. The highest BCUT2D eigenvalue weighted by Gasteiger charge is 2.19. The van der Waals surface area contributed by atoms with Crippen LogP contribution in [0.4, 0.5) is 0 Å². The Morgan fingerprint density at radius 2 is 0.567 bits per heavy atom. The lowest BCUT2D eigenvalue weighted by Crippen LogP contribution is -2.30. The molecular weight excluding hydrogens is 829 g/mol. The van der Waals surface area contributed by atoms with Crippen molar-refractivity contribution in [1.82, 2.24) is 0 Å². The number of carbonyl (C=O) groups is 3. The third kappa shape index (κ3) is 53.6. The third-order valence-corrected chi connectivity index (χ3v) is 14.3. The molecule has 0 heterocycles. The van der Waals surface area contributed by atoms with Crippen molar-refractivity contribution < 1.29 is 28.6 Å². The predicted octanol–water partition coefficient (Wildman–Crippen LogP) is 20.0. The van der Waals surface area contributed by atoms with Crippen molar-refractivity contribution in [3.8, 4) is 0 Å². The van der Waals surface area contributed by atoms with E-state index in [4.69, 9.17) is 14.2 Å². The fourth-order valence-electron chi connectivity index (χ4n) is 9.37. The molecule has 2 atom stereocenters. The van der Waals surface area contributed by atoms with E-state index >= 15 is 0 Å². The van der Waals surface area contributed by atoms with Crippen molar-refractivity contribution in [2.24, 2.45) is 11.8 Å². The third-order valence-electron chi connectivity index (χ3n) is 14.3. The number of hydrogen-bond donors (Lipinski definition) is 0. The van der Waals surface area contributed by atoms with Crippen LogP contribution in [-0.2, 0) is 28.6 Å². The Labute approximate surface area is 418 Å². The van der Waals surface area contributed by atoms with Crippen molar-refractivity contribution >= 4 is 17.9 Å². The predicted molar refractivity (Wildman–Crippen MR) is 289 cm³/mol. The van der Waals surface area contributed by atoms with E-state index in [1.54, 1.807) is 0 Å². The Balaban J connectivity index is 4.29. The fourth-order valence-corrected chi connectivity index (χ4v) is 9.37. The number of carbonyl (C=O) groups excluding carboxylic acids is 3. The SMILES string of the molecule is CCCCCCCCCCCCCCCCCC(=O)O[C@@H](COC(=O)CCCCCCCCCCCCCCCCC(C)CC)COC(=O)CCCCCCCCCCCCCCCC(C)C. The average Bonchev–Trinajstić information content (AvgIpc) is 3.31. The van der Waals surface area contributed by atoms with Gasteiger partial charge in [0.2, 0.25) is 0 Å². The van der Waals surface area contributed by atoms with E-state index in [9.17, 15) is 14.4 Å². The topological polar surface area (TPSA) is 78.9 Å². The normalized spacial score (nSPS) is 12.4. The van der Waals surface area contributed by atoms with Crippen molar-refractivity contribution in [2.45, 2.75) is 349 Å². The maximum atomic E-state index is 12.9. The van der Waals surface area contributed by atoms with Gasteiger partial charge in [0.05, 0.1) is 0 Å². The maximum Gasteiger partial charge on any atom is 0.306 e. The number of rotatable bonds is 55. The smallest absolute Gasteiger partial charge is 0.306 e. The highest BCUT2D eigenvalue weighted by Crippen LogP contribution is 2.19. The van der Waals surface area contributed by atoms with Gasteiger partial charge in [0.15, 0.2) is 6.10 Å². The summed E-state index contributed by atoms with van der Waals surface area (Å²) in [5, 5.41) is 0. The molecule has 67 heavy (non-hydrogen) atoms. The molecule has 0 bridgehead atoms. The monoisotopic (exact) mass is 947 g/mol. The van der Waals surface area contributed by atoms with Crippen LogP contribution in [0.15, 0.2) is 0 Å². The summed E-state index contributed by atoms with van der Waals surface area (Å²) >= 11 is 0. The van der Waals surface area contributed by atoms with E-state index in [0.717, 1.165) is 69.6 Å². The quantitative estimate of drug-likeness (QED) is 0.0343. The van der Waals surface area contributed by atoms with Crippen molar-refractivity contribution in [1.29, 1.82) is 0 Å². The van der Waals surface area contributed by atoms with E-state index in [1.807, 2.05) is 0 Å². The average molecular weight is 948 g/mol. The van der Waals surface area contributed by atoms with Gasteiger partial charge in [-0.15, -0.1) is 0 Å². The van der Waals surface area contributed by atoms with Crippen LogP contribution in [0.1, 0.15) is 343 Å². The highest BCUT2D eigenvalue weighted by atomic mass is 16.6. The largest absolute Gasteiger partial charge is 0.462 e. The van der Waals surface area contributed by atoms with E-state index in [0.29, 0.717) is 19.3 Å². The molecule has 0 fully saturated rings. The maximum absolute atomic E-state index is 12.9. The van der Waals surface area contributed by atoms with E-state index in [2.05, 4.69) is 34.6 Å². The van der Waals surface area contributed by atoms with Crippen LogP contribution in [-0.4, -0.2) is 37.2 Å². The van der Waals surface area contributed by atoms with E-state index in [1.165, 1.54) is 231 Å². The molecule has 398 valence electrons. The molecule has 0 aromatic carbocycles. The van der Waals surface area contributed by atoms with Crippen LogP contribution < -0.4 is 0 Å². The first kappa shape index (κ1) is 65.4. The lowest BCUT2D eigenvalue weighted by molar-refractivity contribution is -0.167. The lowest BCUT2D eigenvalue weighted by atomic mass is 9.99. The minimum Gasteiger partial charge on any atom is -0.462 e. The summed E-state index contributed by atoms with van der Waals surface area (Å²) in [5.41, 5.74) is 0. The molecule has 0 aromatic rings. The number of ether oxygens (including phenoxy) is 3. The second kappa shape index (κ2) is 53.8. The van der Waals surface area contributed by atoms with E-state index in [-0.39, 0.29) is 31.1 Å². The summed E-state index contributed by atoms with van der Waals surface area (Å²) in [4.78, 5) is 38.2. The summed E-state index contributed by atoms with van der Waals surface area (Å²) in [7, 11) is 0. The van der Waals surface area contributed by atoms with Crippen LogP contribution >= 0.6 is 0 Å². The Bertz CT molecular complexity index is 1030. The molecule has 0 radical (unpaired) electrons. The van der Waals surface area contributed by atoms with Gasteiger partial charge < -0.3 is 14.2 Å². The Hall–Kier alpha value is -1.59. The van der Waals surface area contributed by atoms with Gasteiger partial charge in [-0.1, -0.05) is 304 Å². The molecule has 0 N–H and O–H groups in total. The molecular formula is C61H118O6. The summed E-state index contributed by atoms with van der Waals surface area (Å²) in [6.07, 6.45) is 58.0. The van der Waals surface area contributed by atoms with Crippen molar-refractivity contribution in [2.75, 3.05) is 13.2 Å². The lowest BCUT2D eigenvalue weighted by Gasteiger charge is -2.18. The van der Waals surface area contributed by atoms with Gasteiger partial charge in [0, 0.05) is 19.3 Å². The summed E-state index contributed by atoms with van der Waals surface area (Å²) in [6.45, 7) is 11.5. The molecule has 0 aliphatic rings. The van der Waals surface area contributed by atoms with E-state index < -0.39 is 6.10 Å². The molecule has 0 saturated carbocycles. The van der Waals surface area contributed by atoms with Crippen LogP contribution in [0.2, 0.25) is 0 Å². The fraction of sp³-hybridized carbons (Fsp3) is 0.951. The van der Waals surface area contributed by atoms with Gasteiger partial charge in [-0.2, -0.15) is 0 Å². The molecule has 0 spiro atoms. The molecule has 1 unspecified atom stereocenters. The first-order chi connectivity index (χ1) is 32.8. The van der Waals surface area contributed by atoms with Gasteiger partial charge in [0.25, 0.3) is 0 Å². The van der Waals surface area contributed by atoms with Crippen molar-refractivity contribution in [3.63, 3.8) is 0 Å². The summed E-state index contributed by atoms with van der Waals surface area (Å²) < 4.78 is 16.9. The molecule has 0 amide bonds. The second-order valence-electron chi connectivity index (χ2n) is 21.7. The molecule has 0 rings (SSSR count). The van der Waals surface area contributed by atoms with Gasteiger partial charge in [0.1, 0.15) is 13.2 Å². The zero-order valence-corrected chi connectivity index (χ0v) is 46.0. The molecule has 0 aliphatic heterocycles. The van der Waals surface area contributed by atoms with Crippen LogP contribution in [0.25, 0.3) is 0 Å². The van der Waals surface area contributed by atoms with Crippen LogP contribution in [0.5, 0.6) is 0 Å². The highest BCUT2D eigenvalue weighted by molar-refractivity contribution is 5.71. The van der Waals surface area contributed by atoms with Gasteiger partial charge in [-0.3, -0.25) is 14.4 Å². The van der Waals surface area contributed by atoms with Crippen molar-refractivity contribution in [3.05, 3.63) is 0 Å². The standard InChI is InChI=1S/C61H118O6/c1-6-8-9-10-11-12-13-14-15-22-28-33-38-43-48-53-61(64)67-58(55-66-60(63)52-47-42-37-32-27-23-18-19-24-29-34-39-44-49-56(3)4)54-65-59(62)51-46-41-36-31-26-21-17-16-20-25-30-35-40-45-50-57(5)7-2/h56-58H,6-55H2,1-5H3/t57?,58-/m0/s1. The summed E-state index contributed by atoms with van der Waals surface area (Å²) in [6, 6.07) is 0. The molecule has 0 saturated heterocycles. The Morgan fingerprint density at radius 3 is 0.851 bits per heavy atom. The minimum absolute atomic E-state index is 0.0623. The van der Waals surface area contributed by atoms with Crippen LogP contribution in [0.3, 0.4) is 0 Å². The summed E-state index contributed by atoms with van der Waals surface area (Å²) in [5.74, 6) is 0.900. The molecule has 0 aliphatic carbocycles. The first-order valence-corrected chi connectivity index (χ1v) is 30.3. The Morgan fingerprint density at radius 1 is 0.313 bits per heavy atom. The number of esters is 3. The first-order valence-electron chi connectivity index (χ1n) is 30.3. The second-order valence-corrected chi connectivity index (χ2v) is 21.7. The number of hydrogen-bond acceptors (Lipinski definition) is 6. The van der Waals surface area contributed by atoms with Gasteiger partial charge in [-0.25, -0.2) is 0 Å². The van der Waals surface area contributed by atoms with Gasteiger partial charge >= 0.3 is 17.9 Å². The zero-order chi connectivity index (χ0) is 48.9.